The average molecular weight is 195 g/mol. The highest BCUT2D eigenvalue weighted by Gasteiger charge is 2.12. The van der Waals surface area contributed by atoms with E-state index in [1.54, 1.807) is 6.07 Å². The molecule has 0 saturated carbocycles. The van der Waals surface area contributed by atoms with Crippen LogP contribution in [0.15, 0.2) is 18.2 Å². The summed E-state index contributed by atoms with van der Waals surface area (Å²) in [6, 6.07) is 5.63. The molecule has 0 N–H and O–H groups in total. The first kappa shape index (κ1) is 10.3. The van der Waals surface area contributed by atoms with Crippen molar-refractivity contribution in [3.63, 3.8) is 0 Å². The summed E-state index contributed by atoms with van der Waals surface area (Å²) in [5, 5.41) is 0. The van der Waals surface area contributed by atoms with Gasteiger partial charge in [0.1, 0.15) is 5.44 Å². The molecule has 1 heterocycles. The third-order valence-corrected chi connectivity index (χ3v) is 2.03. The number of hydrogen-bond acceptors (Lipinski definition) is 2. The lowest BCUT2D eigenvalue weighted by Crippen LogP contribution is -2.12. The molecule has 1 aromatic rings. The van der Waals surface area contributed by atoms with Gasteiger partial charge in [0.2, 0.25) is 8.46 Å². The van der Waals surface area contributed by atoms with E-state index in [4.69, 9.17) is 0 Å². The fourth-order valence-electron chi connectivity index (χ4n) is 1.16. The molecule has 0 radical (unpaired) electrons. The monoisotopic (exact) mass is 195 g/mol. The molecule has 70 valence electrons. The van der Waals surface area contributed by atoms with Gasteiger partial charge in [0, 0.05) is 5.69 Å². The van der Waals surface area contributed by atoms with E-state index in [9.17, 15) is 4.57 Å². The highest BCUT2D eigenvalue weighted by Crippen LogP contribution is 2.18. The van der Waals surface area contributed by atoms with Crippen molar-refractivity contribution in [2.75, 3.05) is 0 Å². The Labute approximate surface area is 80.6 Å². The first-order chi connectivity index (χ1) is 6.01. The van der Waals surface area contributed by atoms with Gasteiger partial charge in [-0.05, 0) is 24.0 Å². The molecule has 0 saturated heterocycles. The van der Waals surface area contributed by atoms with Crippen molar-refractivity contribution in [3.8, 4) is 0 Å². The van der Waals surface area contributed by atoms with Crippen molar-refractivity contribution in [2.24, 2.45) is 5.41 Å². The normalized spacial score (nSPS) is 11.9. The van der Waals surface area contributed by atoms with Crippen LogP contribution in [0, 0.1) is 5.41 Å². The lowest BCUT2D eigenvalue weighted by Gasteiger charge is -2.17. The molecule has 2 nitrogen and oxygen atoms in total. The molecule has 13 heavy (non-hydrogen) atoms. The van der Waals surface area contributed by atoms with Crippen molar-refractivity contribution in [2.45, 2.75) is 27.2 Å². The zero-order chi connectivity index (χ0) is 9.90. The van der Waals surface area contributed by atoms with Gasteiger partial charge in [-0.3, -0.25) is 4.57 Å². The van der Waals surface area contributed by atoms with Gasteiger partial charge in [-0.15, -0.1) is 0 Å². The van der Waals surface area contributed by atoms with Crippen LogP contribution >= 0.6 is 8.46 Å². The van der Waals surface area contributed by atoms with Crippen molar-refractivity contribution in [1.82, 2.24) is 4.98 Å². The second-order valence-electron chi connectivity index (χ2n) is 4.32. The SMILES string of the molecule is CC(C)(C)Cc1cccc(P=O)n1. The molecule has 0 aliphatic rings. The molecule has 0 unspecified atom stereocenters. The average Bonchev–Trinajstić information content (AvgIpc) is 2.01. The number of hydrogen-bond donors (Lipinski definition) is 0. The summed E-state index contributed by atoms with van der Waals surface area (Å²) < 4.78 is 10.6. The molecule has 0 fully saturated rings. The van der Waals surface area contributed by atoms with E-state index < -0.39 is 0 Å². The Morgan fingerprint density at radius 3 is 2.62 bits per heavy atom. The summed E-state index contributed by atoms with van der Waals surface area (Å²) in [7, 11) is -0.000198. The number of pyridine rings is 1. The number of nitrogens with zero attached hydrogens (tertiary/aromatic N) is 1. The minimum absolute atomic E-state index is 0.000198. The molecule has 0 atom stereocenters. The lowest BCUT2D eigenvalue weighted by atomic mass is 9.90. The van der Waals surface area contributed by atoms with Crippen LogP contribution in [0.5, 0.6) is 0 Å². The van der Waals surface area contributed by atoms with Crippen LogP contribution in [0.25, 0.3) is 0 Å². The Kier molecular flexibility index (Phi) is 3.16. The van der Waals surface area contributed by atoms with Gasteiger partial charge in [-0.1, -0.05) is 26.8 Å². The molecule has 0 amide bonds. The van der Waals surface area contributed by atoms with Crippen LogP contribution < -0.4 is 5.44 Å². The van der Waals surface area contributed by atoms with E-state index in [1.807, 2.05) is 12.1 Å². The quantitative estimate of drug-likeness (QED) is 0.679. The molecule has 0 aromatic carbocycles. The molecular formula is C10H14NOP. The van der Waals surface area contributed by atoms with Crippen LogP contribution in [-0.4, -0.2) is 4.98 Å². The summed E-state index contributed by atoms with van der Waals surface area (Å²) in [6.07, 6.45) is 0.913. The maximum atomic E-state index is 10.6. The van der Waals surface area contributed by atoms with Crippen LogP contribution in [-0.2, 0) is 11.0 Å². The second kappa shape index (κ2) is 3.97. The summed E-state index contributed by atoms with van der Waals surface area (Å²) in [5.74, 6) is 0. The molecule has 3 heteroatoms. The van der Waals surface area contributed by atoms with Crippen molar-refractivity contribution < 1.29 is 4.57 Å². The maximum Gasteiger partial charge on any atom is 0.212 e. The summed E-state index contributed by atoms with van der Waals surface area (Å²) in [4.78, 5) is 4.25. The first-order valence-corrected chi connectivity index (χ1v) is 5.12. The van der Waals surface area contributed by atoms with E-state index >= 15 is 0 Å². The molecule has 0 spiro atoms. The fraction of sp³-hybridized carbons (Fsp3) is 0.500. The van der Waals surface area contributed by atoms with Gasteiger partial charge in [0.05, 0.1) is 0 Å². The predicted molar refractivity (Wildman–Crippen MR) is 54.6 cm³/mol. The highest BCUT2D eigenvalue weighted by atomic mass is 31.1. The largest absolute Gasteiger partial charge is 0.268 e. The number of rotatable bonds is 2. The summed E-state index contributed by atoms with van der Waals surface area (Å²) in [5.41, 5.74) is 1.85. The van der Waals surface area contributed by atoms with Crippen LogP contribution in [0.1, 0.15) is 26.5 Å². The Hall–Kier alpha value is -0.750. The van der Waals surface area contributed by atoms with Crippen molar-refractivity contribution in [1.29, 1.82) is 0 Å². The lowest BCUT2D eigenvalue weighted by molar-refractivity contribution is 0.406. The third kappa shape index (κ3) is 3.65. The van der Waals surface area contributed by atoms with Gasteiger partial charge in [0.15, 0.2) is 0 Å². The molecule has 1 rings (SSSR count). The fourth-order valence-corrected chi connectivity index (χ4v) is 1.48. The van der Waals surface area contributed by atoms with E-state index in [0.29, 0.717) is 5.44 Å². The zero-order valence-corrected chi connectivity index (χ0v) is 9.14. The van der Waals surface area contributed by atoms with Gasteiger partial charge < -0.3 is 0 Å². The molecular weight excluding hydrogens is 181 g/mol. The van der Waals surface area contributed by atoms with Gasteiger partial charge >= 0.3 is 0 Å². The standard InChI is InChI=1S/C10H14NOP/c1-10(2,3)7-8-5-4-6-9(11-8)13-12/h4-6H,7H2,1-3H3. The van der Waals surface area contributed by atoms with Crippen molar-refractivity contribution in [3.05, 3.63) is 23.9 Å². The molecule has 0 aliphatic carbocycles. The second-order valence-corrected chi connectivity index (χ2v) is 4.96. The van der Waals surface area contributed by atoms with E-state index in [-0.39, 0.29) is 13.9 Å². The number of aromatic nitrogens is 1. The minimum atomic E-state index is -0.000198. The zero-order valence-electron chi connectivity index (χ0n) is 8.24. The van der Waals surface area contributed by atoms with E-state index in [1.165, 1.54) is 0 Å². The minimum Gasteiger partial charge on any atom is -0.268 e. The van der Waals surface area contributed by atoms with Crippen LogP contribution in [0.4, 0.5) is 0 Å². The Balaban J connectivity index is 2.84. The van der Waals surface area contributed by atoms with Crippen molar-refractivity contribution >= 4 is 13.9 Å². The third-order valence-electron chi connectivity index (χ3n) is 1.60. The Bertz CT molecular complexity index is 304. The van der Waals surface area contributed by atoms with Gasteiger partial charge in [-0.25, -0.2) is 4.98 Å². The predicted octanol–water partition coefficient (Wildman–Crippen LogP) is 2.59. The maximum absolute atomic E-state index is 10.6. The van der Waals surface area contributed by atoms with E-state index in [2.05, 4.69) is 25.8 Å². The smallest absolute Gasteiger partial charge is 0.212 e. The molecule has 0 aliphatic heterocycles. The van der Waals surface area contributed by atoms with E-state index in [0.717, 1.165) is 12.1 Å². The summed E-state index contributed by atoms with van der Waals surface area (Å²) in [6.45, 7) is 6.49. The molecule has 1 aromatic heterocycles. The van der Waals surface area contributed by atoms with Gasteiger partial charge in [-0.2, -0.15) is 0 Å². The molecule has 0 bridgehead atoms. The highest BCUT2D eigenvalue weighted by molar-refractivity contribution is 7.33. The van der Waals surface area contributed by atoms with Crippen LogP contribution in [0.3, 0.4) is 0 Å². The topological polar surface area (TPSA) is 30.0 Å². The Morgan fingerprint density at radius 2 is 2.08 bits per heavy atom. The van der Waals surface area contributed by atoms with Gasteiger partial charge in [0.25, 0.3) is 0 Å². The summed E-state index contributed by atoms with van der Waals surface area (Å²) >= 11 is 0. The van der Waals surface area contributed by atoms with Crippen LogP contribution in [0.2, 0.25) is 0 Å². The Morgan fingerprint density at radius 1 is 1.38 bits per heavy atom. The first-order valence-electron chi connectivity index (χ1n) is 4.30.